The lowest BCUT2D eigenvalue weighted by Gasteiger charge is -2.34. The number of nitrogens with one attached hydrogen (secondary N) is 1. The van der Waals surface area contributed by atoms with Gasteiger partial charge >= 0.3 is 6.18 Å². The van der Waals surface area contributed by atoms with E-state index in [-0.39, 0.29) is 11.4 Å². The number of nitrogens with zero attached hydrogens (tertiary/aromatic N) is 3. The fourth-order valence-corrected chi connectivity index (χ4v) is 6.25. The average Bonchev–Trinajstić information content (AvgIpc) is 3.35. The quantitative estimate of drug-likeness (QED) is 0.315. The van der Waals surface area contributed by atoms with Crippen LogP contribution in [0.15, 0.2) is 53.3 Å². The molecule has 0 saturated carbocycles. The first kappa shape index (κ1) is 26.3. The van der Waals surface area contributed by atoms with Gasteiger partial charge in [0.2, 0.25) is 0 Å². The number of aromatic carboxylic acids is 1. The first-order chi connectivity index (χ1) is 18.0. The number of carbonyl (C=O) groups is 1. The summed E-state index contributed by atoms with van der Waals surface area (Å²) in [5.74, 6) is -0.994. The van der Waals surface area contributed by atoms with Crippen molar-refractivity contribution in [2.24, 2.45) is 0 Å². The number of aryl methyl sites for hydroxylation is 1. The highest BCUT2D eigenvalue weighted by atomic mass is 79.9. The molecule has 0 bridgehead atoms. The SMILES string of the molecule is Cc1cc(Nc2cc(C(F)(F)F)ccn2)nc(-c2cnc(C3(O)CCCc4c3ccc(C(=O)[O-])c4Br)s2)c1. The van der Waals surface area contributed by atoms with Gasteiger partial charge in [-0.25, -0.2) is 15.0 Å². The topological polar surface area (TPSA) is 111 Å². The van der Waals surface area contributed by atoms with Crippen molar-refractivity contribution in [3.63, 3.8) is 0 Å². The van der Waals surface area contributed by atoms with E-state index in [0.29, 0.717) is 56.3 Å². The third kappa shape index (κ3) is 4.91. The van der Waals surface area contributed by atoms with Crippen LogP contribution < -0.4 is 10.4 Å². The predicted molar refractivity (Wildman–Crippen MR) is 137 cm³/mol. The number of aromatic nitrogens is 3. The highest BCUT2D eigenvalue weighted by Gasteiger charge is 2.40. The minimum atomic E-state index is -4.50. The Kier molecular flexibility index (Phi) is 6.74. The number of pyridine rings is 2. The summed E-state index contributed by atoms with van der Waals surface area (Å²) in [7, 11) is 0. The molecule has 3 aromatic heterocycles. The Balaban J connectivity index is 1.48. The summed E-state index contributed by atoms with van der Waals surface area (Å²) in [6.45, 7) is 1.83. The Morgan fingerprint density at radius 2 is 1.97 bits per heavy atom. The van der Waals surface area contributed by atoms with Crippen molar-refractivity contribution in [1.29, 1.82) is 0 Å². The molecule has 7 nitrogen and oxygen atoms in total. The molecule has 3 heterocycles. The number of aliphatic hydroxyl groups is 1. The second kappa shape index (κ2) is 9.75. The summed E-state index contributed by atoms with van der Waals surface area (Å²) in [5.41, 5.74) is 0.386. The summed E-state index contributed by atoms with van der Waals surface area (Å²) in [6.07, 6.45) is -0.217. The molecule has 0 radical (unpaired) electrons. The summed E-state index contributed by atoms with van der Waals surface area (Å²) in [6, 6.07) is 8.30. The Labute approximate surface area is 227 Å². The van der Waals surface area contributed by atoms with Crippen molar-refractivity contribution in [2.75, 3.05) is 5.32 Å². The number of thiazole rings is 1. The highest BCUT2D eigenvalue weighted by Crippen LogP contribution is 2.46. The summed E-state index contributed by atoms with van der Waals surface area (Å²) in [5, 5.41) is 26.4. The van der Waals surface area contributed by atoms with Gasteiger partial charge in [-0.3, -0.25) is 0 Å². The first-order valence-electron chi connectivity index (χ1n) is 11.5. The van der Waals surface area contributed by atoms with E-state index in [9.17, 15) is 28.2 Å². The molecule has 1 unspecified atom stereocenters. The van der Waals surface area contributed by atoms with E-state index < -0.39 is 23.3 Å². The third-order valence-corrected chi connectivity index (χ3v) is 8.38. The average molecular weight is 604 g/mol. The van der Waals surface area contributed by atoms with Gasteiger partial charge in [0.15, 0.2) is 0 Å². The second-order valence-corrected chi connectivity index (χ2v) is 10.8. The van der Waals surface area contributed by atoms with Gasteiger partial charge in [0, 0.05) is 22.4 Å². The van der Waals surface area contributed by atoms with Crippen LogP contribution in [0.2, 0.25) is 0 Å². The van der Waals surface area contributed by atoms with Crippen LogP contribution in [0.4, 0.5) is 24.8 Å². The van der Waals surface area contributed by atoms with Crippen molar-refractivity contribution in [3.8, 4) is 10.6 Å². The molecule has 0 saturated heterocycles. The Bertz CT molecular complexity index is 1560. The van der Waals surface area contributed by atoms with Crippen LogP contribution in [0.3, 0.4) is 0 Å². The number of halogens is 4. The molecule has 0 fully saturated rings. The van der Waals surface area contributed by atoms with Gasteiger partial charge < -0.3 is 20.3 Å². The Morgan fingerprint density at radius 3 is 2.71 bits per heavy atom. The molecule has 1 aliphatic carbocycles. The highest BCUT2D eigenvalue weighted by molar-refractivity contribution is 9.10. The predicted octanol–water partition coefficient (Wildman–Crippen LogP) is 5.37. The van der Waals surface area contributed by atoms with Crippen LogP contribution in [0, 0.1) is 6.92 Å². The molecule has 4 aromatic rings. The zero-order valence-electron chi connectivity index (χ0n) is 19.8. The number of carbonyl (C=O) groups excluding carboxylic acids is 1. The lowest BCUT2D eigenvalue weighted by Crippen LogP contribution is -2.33. The van der Waals surface area contributed by atoms with Crippen LogP contribution in [0.25, 0.3) is 10.6 Å². The molecule has 1 aromatic carbocycles. The van der Waals surface area contributed by atoms with E-state index in [1.54, 1.807) is 18.3 Å². The lowest BCUT2D eigenvalue weighted by molar-refractivity contribution is -0.255. The van der Waals surface area contributed by atoms with Gasteiger partial charge in [-0.1, -0.05) is 12.1 Å². The molecule has 0 amide bonds. The smallest absolute Gasteiger partial charge is 0.416 e. The molecule has 0 aliphatic heterocycles. The number of benzene rings is 1. The molecule has 12 heteroatoms. The number of alkyl halides is 3. The molecular weight excluding hydrogens is 585 g/mol. The number of carboxylic acid groups (broad SMARTS) is 1. The molecule has 1 atom stereocenters. The number of carboxylic acids is 1. The molecular formula is C26H19BrF3N4O3S-. The molecule has 196 valence electrons. The van der Waals surface area contributed by atoms with Crippen molar-refractivity contribution in [3.05, 3.63) is 86.1 Å². The zero-order valence-corrected chi connectivity index (χ0v) is 22.2. The number of hydrogen-bond donors (Lipinski definition) is 2. The van der Waals surface area contributed by atoms with Crippen LogP contribution in [-0.4, -0.2) is 26.0 Å². The third-order valence-electron chi connectivity index (χ3n) is 6.30. The normalized spacial score (nSPS) is 17.2. The van der Waals surface area contributed by atoms with Gasteiger partial charge in [0.05, 0.1) is 22.1 Å². The standard InChI is InChI=1S/C26H20BrF3N4O3S/c1-13-9-18(33-21(10-13)34-20-11-14(6-8-31-20)26(28,29)30)19-12-32-24(38-19)25(37)7-2-3-15-17(25)5-4-16(22(15)27)23(35)36/h4-6,8-12,37H,2-3,7H2,1H3,(H,35,36)(H,31,33,34)/p-1. The van der Waals surface area contributed by atoms with Gasteiger partial charge in [0.25, 0.3) is 0 Å². The summed E-state index contributed by atoms with van der Waals surface area (Å²) >= 11 is 4.60. The molecule has 5 rings (SSSR count). The van der Waals surface area contributed by atoms with Crippen molar-refractivity contribution >= 4 is 44.9 Å². The lowest BCUT2D eigenvalue weighted by atomic mass is 9.79. The van der Waals surface area contributed by atoms with E-state index in [1.807, 2.05) is 13.0 Å². The summed E-state index contributed by atoms with van der Waals surface area (Å²) < 4.78 is 39.6. The Morgan fingerprint density at radius 1 is 1.18 bits per heavy atom. The minimum Gasteiger partial charge on any atom is -0.545 e. The number of rotatable bonds is 5. The van der Waals surface area contributed by atoms with Gasteiger partial charge in [0.1, 0.15) is 22.2 Å². The van der Waals surface area contributed by atoms with E-state index in [2.05, 4.69) is 36.2 Å². The van der Waals surface area contributed by atoms with Crippen LogP contribution >= 0.6 is 27.3 Å². The maximum absolute atomic E-state index is 13.1. The zero-order chi connectivity index (χ0) is 27.2. The van der Waals surface area contributed by atoms with E-state index in [1.165, 1.54) is 17.4 Å². The van der Waals surface area contributed by atoms with E-state index in [0.717, 1.165) is 23.9 Å². The maximum atomic E-state index is 13.1. The minimum absolute atomic E-state index is 0.00324. The van der Waals surface area contributed by atoms with Crippen LogP contribution in [-0.2, 0) is 18.2 Å². The van der Waals surface area contributed by atoms with Crippen molar-refractivity contribution in [2.45, 2.75) is 38.0 Å². The molecule has 38 heavy (non-hydrogen) atoms. The fourth-order valence-electron chi connectivity index (χ4n) is 4.54. The number of hydrogen-bond acceptors (Lipinski definition) is 8. The Hall–Kier alpha value is -3.35. The van der Waals surface area contributed by atoms with Crippen LogP contribution in [0.1, 0.15) is 50.5 Å². The van der Waals surface area contributed by atoms with Gasteiger partial charge in [-0.15, -0.1) is 11.3 Å². The van der Waals surface area contributed by atoms with Crippen LogP contribution in [0.5, 0.6) is 0 Å². The number of fused-ring (bicyclic) bond motifs is 1. The molecule has 2 N–H and O–H groups in total. The van der Waals surface area contributed by atoms with Crippen molar-refractivity contribution in [1.82, 2.24) is 15.0 Å². The summed E-state index contributed by atoms with van der Waals surface area (Å²) in [4.78, 5) is 25.1. The maximum Gasteiger partial charge on any atom is 0.416 e. The second-order valence-electron chi connectivity index (χ2n) is 8.95. The van der Waals surface area contributed by atoms with Gasteiger partial charge in [-0.2, -0.15) is 13.2 Å². The largest absolute Gasteiger partial charge is 0.545 e. The van der Waals surface area contributed by atoms with Gasteiger partial charge in [-0.05, 0) is 83.1 Å². The molecule has 0 spiro atoms. The van der Waals surface area contributed by atoms with Crippen molar-refractivity contribution < 1.29 is 28.2 Å². The first-order valence-corrected chi connectivity index (χ1v) is 13.1. The number of anilines is 2. The molecule has 1 aliphatic rings. The fraction of sp³-hybridized carbons (Fsp3) is 0.231. The monoisotopic (exact) mass is 603 g/mol. The van der Waals surface area contributed by atoms with E-state index in [4.69, 9.17) is 0 Å². The van der Waals surface area contributed by atoms with E-state index >= 15 is 0 Å².